The van der Waals surface area contributed by atoms with Crippen molar-refractivity contribution in [3.05, 3.63) is 40.7 Å². The molecule has 0 spiro atoms. The van der Waals surface area contributed by atoms with Crippen molar-refractivity contribution in [3.8, 4) is 27.6 Å². The first-order valence-electron chi connectivity index (χ1n) is 12.3. The predicted molar refractivity (Wildman–Crippen MR) is 139 cm³/mol. The summed E-state index contributed by atoms with van der Waals surface area (Å²) >= 11 is 0.519. The molecule has 4 rings (SSSR count). The standard InChI is InChI=1S/C25H24F3N5O7S/c1-2-5-29-24(38)33-19-18(23(36)37)17(21-32-16(11-41-21)25(26,27)28)15(10-30-19)14-8-12(22(34)35)9-31-20(14)40-13-3-6-39-7-4-13/h8-11,13H,2-7H2,1H3,(H,34,35)(H,36,37)(H2,29,30,33,38). The van der Waals surface area contributed by atoms with Crippen molar-refractivity contribution >= 4 is 35.1 Å². The Morgan fingerprint density at radius 1 is 1.12 bits per heavy atom. The SMILES string of the molecule is CCCNC(=O)Nc1ncc(-c2cc(C(=O)O)cnc2OC2CCOCC2)c(-c2nc(C(F)(F)F)cs2)c1C(=O)O. The van der Waals surface area contributed by atoms with Gasteiger partial charge in [-0.1, -0.05) is 6.92 Å². The number of pyridine rings is 2. The Morgan fingerprint density at radius 3 is 2.46 bits per heavy atom. The van der Waals surface area contributed by atoms with Gasteiger partial charge in [0.05, 0.1) is 18.8 Å². The number of anilines is 1. The zero-order valence-corrected chi connectivity index (χ0v) is 22.3. The summed E-state index contributed by atoms with van der Waals surface area (Å²) in [5, 5.41) is 25.0. The zero-order valence-electron chi connectivity index (χ0n) is 21.4. The molecular formula is C25H24F3N5O7S. The van der Waals surface area contributed by atoms with Gasteiger partial charge < -0.3 is 25.0 Å². The summed E-state index contributed by atoms with van der Waals surface area (Å²) in [6.07, 6.45) is -1.49. The van der Waals surface area contributed by atoms with E-state index < -0.39 is 41.2 Å². The summed E-state index contributed by atoms with van der Waals surface area (Å²) in [6, 6.07) is 0.379. The second-order valence-corrected chi connectivity index (χ2v) is 9.66. The largest absolute Gasteiger partial charge is 0.478 e. The van der Waals surface area contributed by atoms with Crippen LogP contribution in [0.5, 0.6) is 5.88 Å². The van der Waals surface area contributed by atoms with Gasteiger partial charge in [0.1, 0.15) is 22.5 Å². The van der Waals surface area contributed by atoms with Gasteiger partial charge in [-0.25, -0.2) is 29.3 Å². The van der Waals surface area contributed by atoms with Crippen LogP contribution in [0.4, 0.5) is 23.8 Å². The fourth-order valence-corrected chi connectivity index (χ4v) is 4.85. The molecule has 1 aliphatic rings. The van der Waals surface area contributed by atoms with Gasteiger partial charge >= 0.3 is 24.1 Å². The predicted octanol–water partition coefficient (Wildman–Crippen LogP) is 4.77. The van der Waals surface area contributed by atoms with Crippen molar-refractivity contribution in [2.45, 2.75) is 38.5 Å². The number of thiazole rings is 1. The van der Waals surface area contributed by atoms with Gasteiger partial charge in [-0.05, 0) is 12.5 Å². The third-order valence-electron chi connectivity index (χ3n) is 5.90. The minimum absolute atomic E-state index is 0.0351. The number of nitrogens with zero attached hydrogens (tertiary/aromatic N) is 3. The van der Waals surface area contributed by atoms with E-state index in [1.54, 1.807) is 6.92 Å². The van der Waals surface area contributed by atoms with Crippen LogP contribution in [-0.4, -0.2) is 69.0 Å². The number of nitrogens with one attached hydrogen (secondary N) is 2. The lowest BCUT2D eigenvalue weighted by Crippen LogP contribution is -2.30. The summed E-state index contributed by atoms with van der Waals surface area (Å²) < 4.78 is 51.8. The molecule has 12 nitrogen and oxygen atoms in total. The molecule has 0 aliphatic carbocycles. The van der Waals surface area contributed by atoms with E-state index in [0.29, 0.717) is 43.8 Å². The molecule has 16 heteroatoms. The molecule has 1 aliphatic heterocycles. The Morgan fingerprint density at radius 2 is 1.85 bits per heavy atom. The summed E-state index contributed by atoms with van der Waals surface area (Å²) in [5.41, 5.74) is -2.69. The number of rotatable bonds is 9. The Hall–Kier alpha value is -4.31. The van der Waals surface area contributed by atoms with E-state index >= 15 is 0 Å². The van der Waals surface area contributed by atoms with E-state index in [4.69, 9.17) is 9.47 Å². The van der Waals surface area contributed by atoms with Crippen molar-refractivity contribution < 1.29 is 47.2 Å². The fraction of sp³-hybridized carbons (Fsp3) is 0.360. The second kappa shape index (κ2) is 12.5. The van der Waals surface area contributed by atoms with E-state index in [1.165, 1.54) is 0 Å². The normalized spacial score (nSPS) is 14.0. The fourth-order valence-electron chi connectivity index (χ4n) is 3.96. The summed E-state index contributed by atoms with van der Waals surface area (Å²) in [4.78, 5) is 48.6. The molecule has 0 radical (unpaired) electrons. The van der Waals surface area contributed by atoms with Crippen molar-refractivity contribution in [1.82, 2.24) is 20.3 Å². The molecule has 0 unspecified atom stereocenters. The van der Waals surface area contributed by atoms with E-state index in [9.17, 15) is 37.8 Å². The number of urea groups is 1. The second-order valence-electron chi connectivity index (χ2n) is 8.80. The molecule has 0 aromatic carbocycles. The number of carboxylic acid groups (broad SMARTS) is 2. The molecule has 4 N–H and O–H groups in total. The number of ether oxygens (including phenoxy) is 2. The van der Waals surface area contributed by atoms with Gasteiger partial charge in [-0.2, -0.15) is 13.2 Å². The number of carbonyl (C=O) groups is 3. The van der Waals surface area contributed by atoms with Crippen molar-refractivity contribution in [1.29, 1.82) is 0 Å². The third-order valence-corrected chi connectivity index (χ3v) is 6.76. The first kappa shape index (κ1) is 29.7. The zero-order chi connectivity index (χ0) is 29.7. The van der Waals surface area contributed by atoms with Gasteiger partial charge in [0.25, 0.3) is 0 Å². The van der Waals surface area contributed by atoms with E-state index in [-0.39, 0.29) is 45.8 Å². The lowest BCUT2D eigenvalue weighted by atomic mass is 9.97. The summed E-state index contributed by atoms with van der Waals surface area (Å²) in [5.74, 6) is -3.53. The number of hydrogen-bond acceptors (Lipinski definition) is 9. The van der Waals surface area contributed by atoms with Gasteiger partial charge in [0.2, 0.25) is 5.88 Å². The molecule has 2 amide bonds. The van der Waals surface area contributed by atoms with E-state index in [2.05, 4.69) is 25.6 Å². The van der Waals surface area contributed by atoms with E-state index in [1.807, 2.05) is 0 Å². The van der Waals surface area contributed by atoms with Crippen LogP contribution < -0.4 is 15.4 Å². The van der Waals surface area contributed by atoms with Crippen molar-refractivity contribution in [3.63, 3.8) is 0 Å². The molecule has 0 atom stereocenters. The minimum atomic E-state index is -4.82. The Balaban J connectivity index is 1.96. The van der Waals surface area contributed by atoms with Crippen LogP contribution in [-0.2, 0) is 10.9 Å². The van der Waals surface area contributed by atoms with Gasteiger partial charge in [-0.3, -0.25) is 5.32 Å². The minimum Gasteiger partial charge on any atom is -0.478 e. The average molecular weight is 596 g/mol. The molecule has 0 saturated carbocycles. The summed E-state index contributed by atoms with van der Waals surface area (Å²) in [6.45, 7) is 2.88. The number of carboxylic acids is 2. The number of carbonyl (C=O) groups excluding carboxylic acids is 1. The average Bonchev–Trinajstić information content (AvgIpc) is 3.43. The maximum Gasteiger partial charge on any atom is 0.434 e. The van der Waals surface area contributed by atoms with Crippen LogP contribution in [0.25, 0.3) is 21.7 Å². The monoisotopic (exact) mass is 595 g/mol. The maximum absolute atomic E-state index is 13.5. The number of aromatic nitrogens is 3. The molecule has 218 valence electrons. The van der Waals surface area contributed by atoms with Crippen LogP contribution in [0.15, 0.2) is 23.8 Å². The third kappa shape index (κ3) is 6.89. The number of alkyl halides is 3. The van der Waals surface area contributed by atoms with Gasteiger partial charge in [0, 0.05) is 53.9 Å². The molecule has 1 saturated heterocycles. The van der Waals surface area contributed by atoms with Gasteiger partial charge in [-0.15, -0.1) is 11.3 Å². The molecule has 3 aromatic rings. The van der Waals surface area contributed by atoms with Crippen LogP contribution in [0.2, 0.25) is 0 Å². The van der Waals surface area contributed by atoms with Crippen LogP contribution in [0.3, 0.4) is 0 Å². The molecule has 41 heavy (non-hydrogen) atoms. The topological polar surface area (TPSA) is 173 Å². The van der Waals surface area contributed by atoms with Crippen LogP contribution in [0.1, 0.15) is 52.6 Å². The first-order chi connectivity index (χ1) is 19.5. The van der Waals surface area contributed by atoms with E-state index in [0.717, 1.165) is 23.8 Å². The number of hydrogen-bond donors (Lipinski definition) is 4. The highest BCUT2D eigenvalue weighted by Crippen LogP contribution is 2.43. The maximum atomic E-state index is 13.5. The Bertz CT molecular complexity index is 1460. The summed E-state index contributed by atoms with van der Waals surface area (Å²) in [7, 11) is 0. The quantitative estimate of drug-likeness (QED) is 0.270. The van der Waals surface area contributed by atoms with Crippen molar-refractivity contribution in [2.24, 2.45) is 0 Å². The highest BCUT2D eigenvalue weighted by atomic mass is 32.1. The number of halogens is 3. The van der Waals surface area contributed by atoms with Crippen LogP contribution in [0, 0.1) is 0 Å². The highest BCUT2D eigenvalue weighted by molar-refractivity contribution is 7.13. The number of amides is 2. The lowest BCUT2D eigenvalue weighted by Gasteiger charge is -2.24. The molecule has 4 heterocycles. The molecule has 3 aromatic heterocycles. The van der Waals surface area contributed by atoms with Crippen LogP contribution >= 0.6 is 11.3 Å². The highest BCUT2D eigenvalue weighted by Gasteiger charge is 2.36. The molecular weight excluding hydrogens is 571 g/mol. The molecule has 0 bridgehead atoms. The Kier molecular flexibility index (Phi) is 9.02. The number of aromatic carboxylic acids is 2. The van der Waals surface area contributed by atoms with Crippen molar-refractivity contribution in [2.75, 3.05) is 25.1 Å². The van der Waals surface area contributed by atoms with Gasteiger partial charge in [0.15, 0.2) is 5.69 Å². The Labute approximate surface area is 234 Å². The lowest BCUT2D eigenvalue weighted by molar-refractivity contribution is -0.140. The first-order valence-corrected chi connectivity index (χ1v) is 13.2. The molecule has 1 fully saturated rings. The smallest absolute Gasteiger partial charge is 0.434 e.